The quantitative estimate of drug-likeness (QED) is 0.551. The summed E-state index contributed by atoms with van der Waals surface area (Å²) >= 11 is 0. The lowest BCUT2D eigenvalue weighted by Gasteiger charge is -2.07. The molecule has 3 aromatic rings. The van der Waals surface area contributed by atoms with Crippen LogP contribution in [-0.2, 0) is 0 Å². The first-order valence-electron chi connectivity index (χ1n) is 6.47. The fraction of sp³-hybridized carbons (Fsp3) is 0.143. The molecule has 0 radical (unpaired) electrons. The molecule has 0 aliphatic rings. The van der Waals surface area contributed by atoms with Crippen LogP contribution in [0.4, 0.5) is 5.82 Å². The van der Waals surface area contributed by atoms with E-state index in [-0.39, 0.29) is 0 Å². The van der Waals surface area contributed by atoms with Gasteiger partial charge in [0.05, 0.1) is 26.8 Å². The van der Waals surface area contributed by atoms with Gasteiger partial charge in [-0.3, -0.25) is 5.43 Å². The molecule has 0 aliphatic heterocycles. The summed E-state index contributed by atoms with van der Waals surface area (Å²) in [6, 6.07) is 5.48. The number of aromatic nitrogens is 4. The van der Waals surface area contributed by atoms with Crippen LogP contribution in [0.1, 0.15) is 5.56 Å². The molecule has 112 valence electrons. The molecule has 0 amide bonds. The number of benzene rings is 1. The lowest BCUT2D eigenvalue weighted by Crippen LogP contribution is -1.97. The van der Waals surface area contributed by atoms with Gasteiger partial charge >= 0.3 is 0 Å². The molecule has 1 aromatic carbocycles. The van der Waals surface area contributed by atoms with E-state index in [2.05, 4.69) is 30.5 Å². The summed E-state index contributed by atoms with van der Waals surface area (Å²) in [4.78, 5) is 15.2. The van der Waals surface area contributed by atoms with Crippen molar-refractivity contribution in [3.05, 3.63) is 36.4 Å². The highest BCUT2D eigenvalue weighted by molar-refractivity contribution is 5.86. The Morgan fingerprint density at radius 2 is 2.09 bits per heavy atom. The van der Waals surface area contributed by atoms with Crippen molar-refractivity contribution in [2.45, 2.75) is 0 Å². The van der Waals surface area contributed by atoms with Crippen LogP contribution in [0.3, 0.4) is 0 Å². The van der Waals surface area contributed by atoms with Gasteiger partial charge in [-0.15, -0.1) is 0 Å². The van der Waals surface area contributed by atoms with Gasteiger partial charge in [-0.1, -0.05) is 0 Å². The smallest absolute Gasteiger partial charge is 0.182 e. The molecule has 0 saturated carbocycles. The Morgan fingerprint density at radius 1 is 1.18 bits per heavy atom. The summed E-state index contributed by atoms with van der Waals surface area (Å²) in [7, 11) is 3.20. The molecule has 2 heterocycles. The van der Waals surface area contributed by atoms with E-state index in [4.69, 9.17) is 9.47 Å². The van der Waals surface area contributed by atoms with Crippen LogP contribution in [-0.4, -0.2) is 40.4 Å². The molecule has 3 rings (SSSR count). The number of H-pyrrole nitrogens is 1. The molecule has 0 spiro atoms. The van der Waals surface area contributed by atoms with Crippen molar-refractivity contribution < 1.29 is 9.47 Å². The van der Waals surface area contributed by atoms with E-state index in [0.717, 1.165) is 11.3 Å². The molecule has 0 aliphatic carbocycles. The second-order valence-corrected chi connectivity index (χ2v) is 4.30. The zero-order valence-electron chi connectivity index (χ0n) is 12.1. The maximum Gasteiger partial charge on any atom is 0.182 e. The van der Waals surface area contributed by atoms with Crippen molar-refractivity contribution >= 4 is 23.2 Å². The molecular formula is C14H14N6O2. The summed E-state index contributed by atoms with van der Waals surface area (Å²) < 4.78 is 10.5. The Labute approximate surface area is 126 Å². The molecule has 0 saturated heterocycles. The van der Waals surface area contributed by atoms with Crippen LogP contribution in [0.15, 0.2) is 36.0 Å². The monoisotopic (exact) mass is 298 g/mol. The number of hydrogen-bond donors (Lipinski definition) is 2. The summed E-state index contributed by atoms with van der Waals surface area (Å²) in [6.45, 7) is 0. The average molecular weight is 298 g/mol. The number of ether oxygens (including phenoxy) is 2. The summed E-state index contributed by atoms with van der Waals surface area (Å²) in [6.07, 6.45) is 4.62. The minimum atomic E-state index is 0.547. The summed E-state index contributed by atoms with van der Waals surface area (Å²) in [5.74, 6) is 1.93. The summed E-state index contributed by atoms with van der Waals surface area (Å²) in [5, 5.41) is 4.17. The molecule has 2 N–H and O–H groups in total. The van der Waals surface area contributed by atoms with Crippen LogP contribution < -0.4 is 14.9 Å². The normalized spacial score (nSPS) is 11.0. The van der Waals surface area contributed by atoms with Crippen LogP contribution in [0.2, 0.25) is 0 Å². The lowest BCUT2D eigenvalue weighted by atomic mass is 10.2. The van der Waals surface area contributed by atoms with Gasteiger partial charge in [0.1, 0.15) is 23.3 Å². The third kappa shape index (κ3) is 2.66. The first-order chi connectivity index (χ1) is 10.8. The number of methoxy groups -OCH3 is 2. The number of hydrazone groups is 1. The van der Waals surface area contributed by atoms with Crippen LogP contribution in [0, 0.1) is 0 Å². The first-order valence-corrected chi connectivity index (χ1v) is 6.47. The van der Waals surface area contributed by atoms with Gasteiger partial charge < -0.3 is 14.5 Å². The number of rotatable bonds is 5. The van der Waals surface area contributed by atoms with Gasteiger partial charge in [0.15, 0.2) is 11.5 Å². The van der Waals surface area contributed by atoms with Gasteiger partial charge in [-0.05, 0) is 12.1 Å². The predicted octanol–water partition coefficient (Wildman–Crippen LogP) is 1.82. The first kappa shape index (κ1) is 13.8. The highest BCUT2D eigenvalue weighted by Gasteiger charge is 2.05. The van der Waals surface area contributed by atoms with E-state index in [1.807, 2.05) is 12.1 Å². The molecule has 0 fully saturated rings. The summed E-state index contributed by atoms with van der Waals surface area (Å²) in [5.41, 5.74) is 4.95. The molecule has 22 heavy (non-hydrogen) atoms. The topological polar surface area (TPSA) is 97.3 Å². The number of aromatic amines is 1. The minimum Gasteiger partial charge on any atom is -0.497 e. The molecule has 0 atom stereocenters. The van der Waals surface area contributed by atoms with E-state index >= 15 is 0 Å². The highest BCUT2D eigenvalue weighted by Crippen LogP contribution is 2.23. The largest absolute Gasteiger partial charge is 0.497 e. The van der Waals surface area contributed by atoms with Crippen molar-refractivity contribution in [3.8, 4) is 11.5 Å². The van der Waals surface area contributed by atoms with Gasteiger partial charge in [0.25, 0.3) is 0 Å². The maximum absolute atomic E-state index is 5.31. The fourth-order valence-electron chi connectivity index (χ4n) is 1.94. The number of anilines is 1. The van der Waals surface area contributed by atoms with Gasteiger partial charge in [0.2, 0.25) is 0 Å². The maximum atomic E-state index is 5.31. The number of nitrogens with one attached hydrogen (secondary N) is 2. The molecule has 0 bridgehead atoms. The Bertz CT molecular complexity index is 814. The van der Waals surface area contributed by atoms with Gasteiger partial charge in [-0.25, -0.2) is 15.0 Å². The second-order valence-electron chi connectivity index (χ2n) is 4.30. The Hall–Kier alpha value is -3.16. The Morgan fingerprint density at radius 3 is 2.91 bits per heavy atom. The number of hydrogen-bond acceptors (Lipinski definition) is 7. The van der Waals surface area contributed by atoms with Crippen molar-refractivity contribution in [2.24, 2.45) is 5.10 Å². The fourth-order valence-corrected chi connectivity index (χ4v) is 1.94. The van der Waals surface area contributed by atoms with Crippen molar-refractivity contribution in [1.29, 1.82) is 0 Å². The van der Waals surface area contributed by atoms with Crippen molar-refractivity contribution in [3.63, 3.8) is 0 Å². The number of imidazole rings is 1. The van der Waals surface area contributed by atoms with Gasteiger partial charge in [-0.2, -0.15) is 5.10 Å². The van der Waals surface area contributed by atoms with Crippen LogP contribution in [0.25, 0.3) is 11.2 Å². The standard InChI is InChI=1S/C14H14N6O2/c1-21-10-4-3-9(11(5-10)22-2)6-19-20-14-12-13(16-7-15-12)17-8-18-14/h3-8H,1-2H3,(H2,15,16,17,18,20)/b19-6+. The zero-order valence-corrected chi connectivity index (χ0v) is 12.1. The zero-order chi connectivity index (χ0) is 15.4. The van der Waals surface area contributed by atoms with E-state index in [1.54, 1.807) is 32.8 Å². The van der Waals surface area contributed by atoms with Crippen molar-refractivity contribution in [2.75, 3.05) is 19.6 Å². The van der Waals surface area contributed by atoms with E-state index < -0.39 is 0 Å². The van der Waals surface area contributed by atoms with E-state index in [0.29, 0.717) is 22.7 Å². The Balaban J connectivity index is 1.81. The molecule has 8 nitrogen and oxygen atoms in total. The second kappa shape index (κ2) is 6.08. The minimum absolute atomic E-state index is 0.547. The molecule has 8 heteroatoms. The van der Waals surface area contributed by atoms with Crippen LogP contribution in [0.5, 0.6) is 11.5 Å². The number of nitrogens with zero attached hydrogens (tertiary/aromatic N) is 4. The van der Waals surface area contributed by atoms with Crippen molar-refractivity contribution in [1.82, 2.24) is 19.9 Å². The molecule has 0 unspecified atom stereocenters. The van der Waals surface area contributed by atoms with Crippen LogP contribution >= 0.6 is 0 Å². The third-order valence-electron chi connectivity index (χ3n) is 3.04. The molecule has 2 aromatic heterocycles. The highest BCUT2D eigenvalue weighted by atomic mass is 16.5. The average Bonchev–Trinajstić information content (AvgIpc) is 3.04. The Kier molecular flexibility index (Phi) is 3.82. The third-order valence-corrected chi connectivity index (χ3v) is 3.04. The predicted molar refractivity (Wildman–Crippen MR) is 82.4 cm³/mol. The van der Waals surface area contributed by atoms with E-state index in [9.17, 15) is 0 Å². The van der Waals surface area contributed by atoms with Gasteiger partial charge in [0, 0.05) is 11.6 Å². The lowest BCUT2D eigenvalue weighted by molar-refractivity contribution is 0.394. The SMILES string of the molecule is COc1ccc(/C=N/Nc2ncnc3nc[nH]c23)c(OC)c1. The van der Waals surface area contributed by atoms with E-state index in [1.165, 1.54) is 6.33 Å². The molecular weight excluding hydrogens is 284 g/mol. The number of fused-ring (bicyclic) bond motifs is 1.